The Morgan fingerprint density at radius 3 is 2.76 bits per heavy atom. The van der Waals surface area contributed by atoms with Crippen LogP contribution < -0.4 is 4.74 Å². The number of pyridine rings is 1. The van der Waals surface area contributed by atoms with E-state index in [4.69, 9.17) is 21.1 Å². The number of methoxy groups -OCH3 is 1. The molecule has 1 amide bonds. The van der Waals surface area contributed by atoms with Crippen LogP contribution in [0.4, 0.5) is 0 Å². The number of halogens is 1. The lowest BCUT2D eigenvalue weighted by Gasteiger charge is -2.23. The summed E-state index contributed by atoms with van der Waals surface area (Å²) in [4.78, 5) is 29.8. The monoisotopic (exact) mass is 370 g/mol. The molecule has 1 atom stereocenters. The van der Waals surface area contributed by atoms with Gasteiger partial charge in [0.25, 0.3) is 5.91 Å². The van der Waals surface area contributed by atoms with Crippen LogP contribution in [0.15, 0.2) is 12.3 Å². The van der Waals surface area contributed by atoms with Gasteiger partial charge < -0.3 is 19.5 Å². The Hall–Kier alpha value is -1.86. The molecular formula is C17H23ClN2O5. The highest BCUT2D eigenvalue weighted by atomic mass is 35.5. The molecule has 0 radical (unpaired) electrons. The van der Waals surface area contributed by atoms with Crippen molar-refractivity contribution in [1.29, 1.82) is 0 Å². The van der Waals surface area contributed by atoms with Gasteiger partial charge in [-0.25, -0.2) is 4.98 Å². The van der Waals surface area contributed by atoms with Crippen molar-refractivity contribution in [3.63, 3.8) is 0 Å². The van der Waals surface area contributed by atoms with Crippen LogP contribution in [-0.2, 0) is 9.53 Å². The zero-order valence-corrected chi connectivity index (χ0v) is 15.4. The summed E-state index contributed by atoms with van der Waals surface area (Å²) in [6.45, 7) is 5.00. The molecule has 0 bridgehead atoms. The van der Waals surface area contributed by atoms with E-state index in [0.717, 1.165) is 0 Å². The number of carbonyl (C=O) groups excluding carboxylic acids is 1. The van der Waals surface area contributed by atoms with E-state index in [1.165, 1.54) is 24.3 Å². The number of aliphatic carboxylic acids is 1. The van der Waals surface area contributed by atoms with Gasteiger partial charge >= 0.3 is 5.97 Å². The highest BCUT2D eigenvalue weighted by Gasteiger charge is 2.46. The van der Waals surface area contributed by atoms with Crippen molar-refractivity contribution in [3.05, 3.63) is 22.8 Å². The molecule has 25 heavy (non-hydrogen) atoms. The van der Waals surface area contributed by atoms with Gasteiger partial charge in [0, 0.05) is 26.4 Å². The Kier molecular flexibility index (Phi) is 6.24. The van der Waals surface area contributed by atoms with Gasteiger partial charge in [0.15, 0.2) is 0 Å². The third kappa shape index (κ3) is 4.41. The number of carboxylic acid groups (broad SMARTS) is 1. The van der Waals surface area contributed by atoms with E-state index in [-0.39, 0.29) is 30.0 Å². The Labute approximate surface area is 151 Å². The molecule has 1 unspecified atom stereocenters. The van der Waals surface area contributed by atoms with E-state index in [0.29, 0.717) is 31.1 Å². The molecule has 1 fully saturated rings. The second-order valence-electron chi connectivity index (χ2n) is 6.71. The van der Waals surface area contributed by atoms with Crippen molar-refractivity contribution < 1.29 is 24.2 Å². The molecule has 1 N–H and O–H groups in total. The van der Waals surface area contributed by atoms with Gasteiger partial charge in [0.05, 0.1) is 18.8 Å². The minimum Gasteiger partial charge on any atom is -0.481 e. The van der Waals surface area contributed by atoms with Crippen LogP contribution >= 0.6 is 11.6 Å². The summed E-state index contributed by atoms with van der Waals surface area (Å²) >= 11 is 6.15. The highest BCUT2D eigenvalue weighted by molar-refractivity contribution is 6.32. The van der Waals surface area contributed by atoms with Crippen LogP contribution in [0.2, 0.25) is 5.02 Å². The van der Waals surface area contributed by atoms with Crippen LogP contribution in [0.5, 0.6) is 5.88 Å². The maximum Gasteiger partial charge on any atom is 0.313 e. The van der Waals surface area contributed by atoms with Gasteiger partial charge in [-0.05, 0) is 18.4 Å². The molecule has 0 aromatic carbocycles. The lowest BCUT2D eigenvalue weighted by Crippen LogP contribution is -2.40. The maximum absolute atomic E-state index is 12.6. The molecule has 1 saturated heterocycles. The average molecular weight is 371 g/mol. The highest BCUT2D eigenvalue weighted by Crippen LogP contribution is 2.32. The molecule has 2 heterocycles. The number of hydrogen-bond acceptors (Lipinski definition) is 5. The maximum atomic E-state index is 12.6. The second-order valence-corrected chi connectivity index (χ2v) is 7.12. The number of aromatic nitrogens is 1. The first-order chi connectivity index (χ1) is 11.8. The second kappa shape index (κ2) is 8.01. The zero-order valence-electron chi connectivity index (χ0n) is 14.6. The number of likely N-dealkylation sites (tertiary alicyclic amines) is 1. The largest absolute Gasteiger partial charge is 0.481 e. The van der Waals surface area contributed by atoms with Crippen molar-refractivity contribution in [2.45, 2.75) is 20.3 Å². The van der Waals surface area contributed by atoms with E-state index in [9.17, 15) is 14.7 Å². The van der Waals surface area contributed by atoms with E-state index in [1.807, 2.05) is 13.8 Å². The summed E-state index contributed by atoms with van der Waals surface area (Å²) in [6.07, 6.45) is 1.75. The van der Waals surface area contributed by atoms with Crippen LogP contribution in [-0.4, -0.2) is 60.3 Å². The Bertz CT molecular complexity index is 652. The Balaban J connectivity index is 2.11. The topological polar surface area (TPSA) is 89.0 Å². The molecule has 0 saturated carbocycles. The predicted octanol–water partition coefficient (Wildman–Crippen LogP) is 2.33. The first-order valence-electron chi connectivity index (χ1n) is 8.09. The summed E-state index contributed by atoms with van der Waals surface area (Å²) in [5.74, 6) is -0.649. The lowest BCUT2D eigenvalue weighted by molar-refractivity contribution is -0.151. The van der Waals surface area contributed by atoms with Crippen molar-refractivity contribution in [2.75, 3.05) is 33.4 Å². The van der Waals surface area contributed by atoms with Crippen molar-refractivity contribution in [2.24, 2.45) is 11.3 Å². The van der Waals surface area contributed by atoms with Gasteiger partial charge in [0.1, 0.15) is 10.4 Å². The van der Waals surface area contributed by atoms with Crippen LogP contribution in [0, 0.1) is 11.3 Å². The minimum atomic E-state index is -1.07. The number of hydrogen-bond donors (Lipinski definition) is 1. The van der Waals surface area contributed by atoms with Crippen LogP contribution in [0.25, 0.3) is 0 Å². The smallest absolute Gasteiger partial charge is 0.313 e. The predicted molar refractivity (Wildman–Crippen MR) is 92.0 cm³/mol. The molecule has 7 nitrogen and oxygen atoms in total. The number of rotatable bonds is 7. The molecule has 0 spiro atoms. The molecular weight excluding hydrogens is 348 g/mol. The minimum absolute atomic E-state index is 0.0626. The van der Waals surface area contributed by atoms with E-state index >= 15 is 0 Å². The fraction of sp³-hybridized carbons (Fsp3) is 0.588. The van der Waals surface area contributed by atoms with Crippen molar-refractivity contribution in [3.8, 4) is 5.88 Å². The SMILES string of the molecule is COCC1(C(=O)O)CCN(C(=O)c2cnc(OCC(C)C)c(Cl)c2)C1. The normalized spacial score (nSPS) is 20.1. The molecule has 1 aliphatic rings. The first-order valence-corrected chi connectivity index (χ1v) is 8.47. The summed E-state index contributed by atoms with van der Waals surface area (Å²) in [7, 11) is 1.45. The van der Waals surface area contributed by atoms with Crippen molar-refractivity contribution >= 4 is 23.5 Å². The van der Waals surface area contributed by atoms with Gasteiger partial charge in [-0.2, -0.15) is 0 Å². The average Bonchev–Trinajstić information content (AvgIpc) is 2.99. The molecule has 8 heteroatoms. The van der Waals surface area contributed by atoms with E-state index in [2.05, 4.69) is 4.98 Å². The van der Waals surface area contributed by atoms with E-state index < -0.39 is 11.4 Å². The lowest BCUT2D eigenvalue weighted by atomic mass is 9.88. The third-order valence-corrected chi connectivity index (χ3v) is 4.39. The van der Waals surface area contributed by atoms with Crippen LogP contribution in [0.3, 0.4) is 0 Å². The fourth-order valence-electron chi connectivity index (χ4n) is 2.75. The van der Waals surface area contributed by atoms with Gasteiger partial charge in [-0.3, -0.25) is 9.59 Å². The molecule has 2 rings (SSSR count). The third-order valence-electron chi connectivity index (χ3n) is 4.12. The number of amides is 1. The summed E-state index contributed by atoms with van der Waals surface area (Å²) < 4.78 is 10.5. The molecule has 138 valence electrons. The first kappa shape index (κ1) is 19.5. The number of carbonyl (C=O) groups is 2. The molecule has 1 aromatic rings. The Morgan fingerprint density at radius 1 is 1.48 bits per heavy atom. The Morgan fingerprint density at radius 2 is 2.20 bits per heavy atom. The van der Waals surface area contributed by atoms with Gasteiger partial charge in [0.2, 0.25) is 5.88 Å². The summed E-state index contributed by atoms with van der Waals surface area (Å²) in [6, 6.07) is 1.50. The standard InChI is InChI=1S/C17H23ClN2O5/c1-11(2)8-25-14-13(18)6-12(7-19-14)15(21)20-5-4-17(9-20,10-24-3)16(22)23/h6-7,11H,4-5,8-10H2,1-3H3,(H,22,23). The molecule has 1 aliphatic heterocycles. The zero-order chi connectivity index (χ0) is 18.6. The molecule has 0 aliphatic carbocycles. The summed E-state index contributed by atoms with van der Waals surface area (Å²) in [5.41, 5.74) is -0.761. The summed E-state index contributed by atoms with van der Waals surface area (Å²) in [5, 5.41) is 9.74. The number of nitrogens with zero attached hydrogens (tertiary/aromatic N) is 2. The van der Waals surface area contributed by atoms with Crippen LogP contribution in [0.1, 0.15) is 30.6 Å². The quantitative estimate of drug-likeness (QED) is 0.792. The fourth-order valence-corrected chi connectivity index (χ4v) is 2.97. The van der Waals surface area contributed by atoms with Gasteiger partial charge in [-0.15, -0.1) is 0 Å². The van der Waals surface area contributed by atoms with E-state index in [1.54, 1.807) is 0 Å². The number of carboxylic acids is 1. The van der Waals surface area contributed by atoms with Gasteiger partial charge in [-0.1, -0.05) is 25.4 Å². The molecule has 1 aromatic heterocycles. The van der Waals surface area contributed by atoms with Crippen molar-refractivity contribution in [1.82, 2.24) is 9.88 Å². The number of ether oxygens (including phenoxy) is 2.